The molecule has 0 atom stereocenters. The van der Waals surface area contributed by atoms with Gasteiger partial charge in [0.05, 0.1) is 24.6 Å². The fraction of sp³-hybridized carbons (Fsp3) is 0.464. The number of nitrogen functional groups attached to an aromatic ring is 1. The van der Waals surface area contributed by atoms with E-state index in [1.54, 1.807) is 30.5 Å². The van der Waals surface area contributed by atoms with Crippen molar-refractivity contribution in [2.75, 3.05) is 50.4 Å². The van der Waals surface area contributed by atoms with Gasteiger partial charge in [0, 0.05) is 55.2 Å². The third-order valence-electron chi connectivity index (χ3n) is 8.11. The average Bonchev–Trinajstić information content (AvgIpc) is 3.41. The number of nitrogens with two attached hydrogens (primary N) is 1. The number of aromatic nitrogens is 4. The Hall–Kier alpha value is -3.83. The van der Waals surface area contributed by atoms with Crippen LogP contribution in [0.3, 0.4) is 0 Å². The number of piperidine rings is 1. The summed E-state index contributed by atoms with van der Waals surface area (Å²) in [6.45, 7) is 9.17. The minimum Gasteiger partial charge on any atom is -0.379 e. The molecule has 0 spiro atoms. The monoisotopic (exact) mass is 530 g/mol. The summed E-state index contributed by atoms with van der Waals surface area (Å²) in [5.41, 5.74) is 10.1. The molecule has 4 heterocycles. The van der Waals surface area contributed by atoms with Gasteiger partial charge in [-0.3, -0.25) is 19.6 Å². The second kappa shape index (κ2) is 10.0. The molecule has 2 fully saturated rings. The highest BCUT2D eigenvalue weighted by molar-refractivity contribution is 6.05. The Morgan fingerprint density at radius 1 is 1.10 bits per heavy atom. The van der Waals surface area contributed by atoms with Crippen molar-refractivity contribution in [2.45, 2.75) is 44.6 Å². The first-order chi connectivity index (χ1) is 18.8. The number of benzene rings is 1. The number of H-pyrrole nitrogens is 1. The molecule has 0 bridgehead atoms. The standard InChI is InChI=1S/C28H34N8O3/c1-28(2)15-18-16-30-27(29)32-22(18)23-21(28)24(34-33-23)25(37)31-19-5-3-17(4-6-19)26(38)36-9-7-20(8-10-36)35-11-13-39-14-12-35/h3-6,16,20H,7-15H2,1-2H3,(H,31,37)(H,33,34)(H2,29,30,32). The summed E-state index contributed by atoms with van der Waals surface area (Å²) in [6.07, 6.45) is 4.36. The number of nitrogens with zero attached hydrogens (tertiary/aromatic N) is 5. The first-order valence-corrected chi connectivity index (χ1v) is 13.5. The van der Waals surface area contributed by atoms with Crippen LogP contribution in [0.5, 0.6) is 0 Å². The summed E-state index contributed by atoms with van der Waals surface area (Å²) < 4.78 is 5.47. The third kappa shape index (κ3) is 4.87. The number of aromatic amines is 1. The highest BCUT2D eigenvalue weighted by Crippen LogP contribution is 2.42. The SMILES string of the molecule is CC1(C)Cc2cnc(N)nc2-c2[nH]nc(C(=O)Nc3ccc(C(=O)N4CCC(N5CCOCC5)CC4)cc3)c21. The number of carbonyl (C=O) groups is 2. The van der Waals surface area contributed by atoms with Gasteiger partial charge in [-0.05, 0) is 54.5 Å². The second-order valence-electron chi connectivity index (χ2n) is 11.2. The van der Waals surface area contributed by atoms with E-state index in [-0.39, 0.29) is 23.2 Å². The Labute approximate surface area is 227 Å². The van der Waals surface area contributed by atoms with Gasteiger partial charge in [-0.2, -0.15) is 5.10 Å². The topological polar surface area (TPSA) is 142 Å². The molecule has 1 aliphatic carbocycles. The van der Waals surface area contributed by atoms with Gasteiger partial charge in [0.2, 0.25) is 5.95 Å². The Morgan fingerprint density at radius 3 is 2.54 bits per heavy atom. The number of fused-ring (bicyclic) bond motifs is 3. The van der Waals surface area contributed by atoms with E-state index in [4.69, 9.17) is 10.5 Å². The Morgan fingerprint density at radius 2 is 1.82 bits per heavy atom. The van der Waals surface area contributed by atoms with Crippen molar-refractivity contribution >= 4 is 23.5 Å². The van der Waals surface area contributed by atoms with Crippen LogP contribution in [0.15, 0.2) is 30.5 Å². The number of amides is 2. The van der Waals surface area contributed by atoms with E-state index in [1.807, 2.05) is 4.90 Å². The zero-order valence-corrected chi connectivity index (χ0v) is 22.4. The van der Waals surface area contributed by atoms with E-state index in [2.05, 4.69) is 44.2 Å². The molecule has 0 radical (unpaired) electrons. The normalized spacial score (nSPS) is 19.3. The van der Waals surface area contributed by atoms with Gasteiger partial charge in [0.15, 0.2) is 5.69 Å². The lowest BCUT2D eigenvalue weighted by atomic mass is 9.73. The number of morpholine rings is 1. The zero-order chi connectivity index (χ0) is 27.1. The van der Waals surface area contributed by atoms with Gasteiger partial charge in [0.25, 0.3) is 11.8 Å². The van der Waals surface area contributed by atoms with Crippen LogP contribution >= 0.6 is 0 Å². The van der Waals surface area contributed by atoms with E-state index in [0.717, 1.165) is 63.4 Å². The van der Waals surface area contributed by atoms with Crippen molar-refractivity contribution in [3.63, 3.8) is 0 Å². The number of anilines is 2. The maximum absolute atomic E-state index is 13.3. The summed E-state index contributed by atoms with van der Waals surface area (Å²) in [4.78, 5) is 39.4. The van der Waals surface area contributed by atoms with E-state index in [1.165, 1.54) is 0 Å². The minimum atomic E-state index is -0.354. The predicted octanol–water partition coefficient (Wildman–Crippen LogP) is 2.47. The van der Waals surface area contributed by atoms with Crippen molar-refractivity contribution in [3.8, 4) is 11.4 Å². The first-order valence-electron chi connectivity index (χ1n) is 13.5. The fourth-order valence-electron chi connectivity index (χ4n) is 6.11. The number of hydrogen-bond donors (Lipinski definition) is 3. The van der Waals surface area contributed by atoms with Crippen molar-refractivity contribution in [2.24, 2.45) is 0 Å². The van der Waals surface area contributed by atoms with Gasteiger partial charge in [-0.25, -0.2) is 9.97 Å². The molecule has 6 rings (SSSR count). The molecule has 2 aromatic heterocycles. The lowest BCUT2D eigenvalue weighted by Gasteiger charge is -2.40. The second-order valence-corrected chi connectivity index (χ2v) is 11.2. The molecule has 0 unspecified atom stereocenters. The van der Waals surface area contributed by atoms with E-state index in [0.29, 0.717) is 40.8 Å². The maximum atomic E-state index is 13.3. The molecule has 4 N–H and O–H groups in total. The molecular weight excluding hydrogens is 496 g/mol. The average molecular weight is 531 g/mol. The molecule has 2 saturated heterocycles. The van der Waals surface area contributed by atoms with Crippen LogP contribution in [0.4, 0.5) is 11.6 Å². The predicted molar refractivity (Wildman–Crippen MR) is 146 cm³/mol. The van der Waals surface area contributed by atoms with Crippen LogP contribution < -0.4 is 11.1 Å². The Kier molecular flexibility index (Phi) is 6.56. The minimum absolute atomic E-state index is 0.0244. The van der Waals surface area contributed by atoms with Gasteiger partial charge in [-0.1, -0.05) is 13.8 Å². The largest absolute Gasteiger partial charge is 0.379 e. The molecule has 2 aliphatic heterocycles. The lowest BCUT2D eigenvalue weighted by Crippen LogP contribution is -2.50. The van der Waals surface area contributed by atoms with Crippen molar-refractivity contribution < 1.29 is 14.3 Å². The highest BCUT2D eigenvalue weighted by Gasteiger charge is 2.38. The smallest absolute Gasteiger partial charge is 0.276 e. The Balaban J connectivity index is 1.12. The van der Waals surface area contributed by atoms with Crippen molar-refractivity contribution in [1.82, 2.24) is 30.0 Å². The van der Waals surface area contributed by atoms with E-state index < -0.39 is 0 Å². The molecule has 11 heteroatoms. The van der Waals surface area contributed by atoms with Crippen LogP contribution in [-0.2, 0) is 16.6 Å². The molecule has 39 heavy (non-hydrogen) atoms. The van der Waals surface area contributed by atoms with Gasteiger partial charge in [0.1, 0.15) is 0 Å². The number of nitrogens with one attached hydrogen (secondary N) is 2. The maximum Gasteiger partial charge on any atom is 0.276 e. The first kappa shape index (κ1) is 25.4. The van der Waals surface area contributed by atoms with Crippen LogP contribution in [0.1, 0.15) is 58.7 Å². The fourth-order valence-corrected chi connectivity index (χ4v) is 6.11. The van der Waals surface area contributed by atoms with E-state index >= 15 is 0 Å². The summed E-state index contributed by atoms with van der Waals surface area (Å²) in [6, 6.07) is 7.59. The summed E-state index contributed by atoms with van der Waals surface area (Å²) >= 11 is 0. The molecule has 2 amide bonds. The molecule has 0 saturated carbocycles. The quantitative estimate of drug-likeness (QED) is 0.467. The molecule has 11 nitrogen and oxygen atoms in total. The summed E-state index contributed by atoms with van der Waals surface area (Å²) in [7, 11) is 0. The van der Waals surface area contributed by atoms with Gasteiger partial charge in [-0.15, -0.1) is 0 Å². The molecular formula is C28H34N8O3. The van der Waals surface area contributed by atoms with Gasteiger partial charge < -0.3 is 20.7 Å². The number of likely N-dealkylation sites (tertiary alicyclic amines) is 1. The van der Waals surface area contributed by atoms with Crippen LogP contribution in [0, 0.1) is 0 Å². The molecule has 204 valence electrons. The van der Waals surface area contributed by atoms with E-state index in [9.17, 15) is 9.59 Å². The number of ether oxygens (including phenoxy) is 1. The third-order valence-corrected chi connectivity index (χ3v) is 8.11. The Bertz CT molecular complexity index is 1390. The summed E-state index contributed by atoms with van der Waals surface area (Å²) in [5, 5.41) is 10.3. The molecule has 3 aliphatic rings. The van der Waals surface area contributed by atoms with Crippen LogP contribution in [0.25, 0.3) is 11.4 Å². The lowest BCUT2D eigenvalue weighted by molar-refractivity contribution is 0.00159. The number of hydrogen-bond acceptors (Lipinski definition) is 8. The van der Waals surface area contributed by atoms with Gasteiger partial charge >= 0.3 is 0 Å². The zero-order valence-electron chi connectivity index (χ0n) is 22.4. The van der Waals surface area contributed by atoms with Crippen LogP contribution in [-0.4, -0.2) is 87.2 Å². The van der Waals surface area contributed by atoms with Crippen molar-refractivity contribution in [1.29, 1.82) is 0 Å². The summed E-state index contributed by atoms with van der Waals surface area (Å²) in [5.74, 6) is -0.122. The van der Waals surface area contributed by atoms with Crippen LogP contribution in [0.2, 0.25) is 0 Å². The van der Waals surface area contributed by atoms with Crippen molar-refractivity contribution in [3.05, 3.63) is 52.8 Å². The molecule has 3 aromatic rings. The molecule has 1 aromatic carbocycles. The number of carbonyl (C=O) groups excluding carboxylic acids is 2. The number of rotatable bonds is 4. The highest BCUT2D eigenvalue weighted by atomic mass is 16.5.